The second-order valence-corrected chi connectivity index (χ2v) is 3.62. The molecule has 1 aromatic carbocycles. The van der Waals surface area contributed by atoms with Crippen LogP contribution in [0.2, 0.25) is 0 Å². The van der Waals surface area contributed by atoms with E-state index in [1.165, 1.54) is 6.20 Å². The van der Waals surface area contributed by atoms with Crippen LogP contribution in [0.5, 0.6) is 5.75 Å². The molecule has 0 radical (unpaired) electrons. The van der Waals surface area contributed by atoms with Crippen LogP contribution in [0.15, 0.2) is 36.0 Å². The first-order chi connectivity index (χ1) is 8.81. The van der Waals surface area contributed by atoms with Crippen LogP contribution < -0.4 is 10.1 Å². The van der Waals surface area contributed by atoms with Crippen LogP contribution in [0, 0.1) is 22.7 Å². The molecule has 1 N–H and O–H groups in total. The van der Waals surface area contributed by atoms with E-state index in [1.807, 2.05) is 24.3 Å². The zero-order valence-electron chi connectivity index (χ0n) is 10.3. The first kappa shape index (κ1) is 13.6. The van der Waals surface area contributed by atoms with E-state index in [-0.39, 0.29) is 5.57 Å². The van der Waals surface area contributed by atoms with Crippen LogP contribution in [-0.2, 0) is 0 Å². The van der Waals surface area contributed by atoms with Gasteiger partial charge in [0.05, 0.1) is 12.3 Å². The van der Waals surface area contributed by atoms with Gasteiger partial charge in [-0.3, -0.25) is 0 Å². The van der Waals surface area contributed by atoms with Gasteiger partial charge in [0, 0.05) is 6.20 Å². The molecule has 0 fully saturated rings. The Bertz CT molecular complexity index is 478. The number of rotatable bonds is 6. The molecule has 0 spiro atoms. The van der Waals surface area contributed by atoms with E-state index in [4.69, 9.17) is 15.3 Å². The fourth-order valence-corrected chi connectivity index (χ4v) is 1.28. The van der Waals surface area contributed by atoms with E-state index in [1.54, 1.807) is 12.1 Å². The summed E-state index contributed by atoms with van der Waals surface area (Å²) >= 11 is 0. The monoisotopic (exact) mass is 241 g/mol. The Labute approximate surface area is 107 Å². The molecular formula is C14H15N3O. The molecule has 0 saturated heterocycles. The SMILES string of the molecule is CCCCOc1ccccc1NC=C(C#N)C#N. The van der Waals surface area contributed by atoms with Crippen molar-refractivity contribution in [1.29, 1.82) is 10.5 Å². The van der Waals surface area contributed by atoms with Gasteiger partial charge in [-0.15, -0.1) is 0 Å². The summed E-state index contributed by atoms with van der Waals surface area (Å²) in [5.41, 5.74) is 0.773. The van der Waals surface area contributed by atoms with Gasteiger partial charge in [0.2, 0.25) is 0 Å². The molecule has 0 aliphatic rings. The van der Waals surface area contributed by atoms with E-state index >= 15 is 0 Å². The number of hydrogen-bond donors (Lipinski definition) is 1. The van der Waals surface area contributed by atoms with Crippen LogP contribution in [0.3, 0.4) is 0 Å². The van der Waals surface area contributed by atoms with E-state index in [0.717, 1.165) is 24.3 Å². The maximum atomic E-state index is 8.63. The van der Waals surface area contributed by atoms with Gasteiger partial charge in [-0.05, 0) is 18.6 Å². The Balaban J connectivity index is 2.74. The quantitative estimate of drug-likeness (QED) is 0.613. The average Bonchev–Trinajstić information content (AvgIpc) is 2.41. The van der Waals surface area contributed by atoms with Gasteiger partial charge in [-0.2, -0.15) is 10.5 Å². The van der Waals surface area contributed by atoms with Gasteiger partial charge in [0.15, 0.2) is 0 Å². The van der Waals surface area contributed by atoms with Gasteiger partial charge >= 0.3 is 0 Å². The molecule has 0 amide bonds. The summed E-state index contributed by atoms with van der Waals surface area (Å²) in [4.78, 5) is 0. The van der Waals surface area contributed by atoms with Crippen LogP contribution in [-0.4, -0.2) is 6.61 Å². The number of benzene rings is 1. The lowest BCUT2D eigenvalue weighted by Crippen LogP contribution is -2.00. The highest BCUT2D eigenvalue weighted by Gasteiger charge is 2.01. The highest BCUT2D eigenvalue weighted by atomic mass is 16.5. The second kappa shape index (κ2) is 7.76. The molecule has 0 aliphatic heterocycles. The summed E-state index contributed by atoms with van der Waals surface area (Å²) in [6.07, 6.45) is 3.44. The summed E-state index contributed by atoms with van der Waals surface area (Å²) < 4.78 is 5.62. The molecule has 4 nitrogen and oxygen atoms in total. The van der Waals surface area contributed by atoms with Gasteiger partial charge < -0.3 is 10.1 Å². The largest absolute Gasteiger partial charge is 0.491 e. The summed E-state index contributed by atoms with van der Waals surface area (Å²) in [6.45, 7) is 2.75. The topological polar surface area (TPSA) is 68.8 Å². The molecule has 0 saturated carbocycles. The van der Waals surface area contributed by atoms with Gasteiger partial charge in [0.25, 0.3) is 0 Å². The number of nitriles is 2. The normalized spacial score (nSPS) is 8.83. The predicted octanol–water partition coefficient (Wildman–Crippen LogP) is 3.21. The van der Waals surface area contributed by atoms with Crippen molar-refractivity contribution in [3.63, 3.8) is 0 Å². The van der Waals surface area contributed by atoms with Gasteiger partial charge in [-0.25, -0.2) is 0 Å². The molecular weight excluding hydrogens is 226 g/mol. The highest BCUT2D eigenvalue weighted by molar-refractivity contribution is 5.59. The number of nitrogens with one attached hydrogen (secondary N) is 1. The Morgan fingerprint density at radius 1 is 1.33 bits per heavy atom. The van der Waals surface area contributed by atoms with Crippen molar-refractivity contribution in [3.05, 3.63) is 36.0 Å². The molecule has 0 unspecified atom stereocenters. The van der Waals surface area contributed by atoms with E-state index in [9.17, 15) is 0 Å². The maximum Gasteiger partial charge on any atom is 0.145 e. The first-order valence-electron chi connectivity index (χ1n) is 5.80. The lowest BCUT2D eigenvalue weighted by molar-refractivity contribution is 0.311. The minimum absolute atomic E-state index is 0.0263. The number of hydrogen-bond acceptors (Lipinski definition) is 4. The summed E-state index contributed by atoms with van der Waals surface area (Å²) in [5, 5.41) is 20.2. The molecule has 18 heavy (non-hydrogen) atoms. The first-order valence-corrected chi connectivity index (χ1v) is 5.80. The molecule has 92 valence electrons. The zero-order valence-corrected chi connectivity index (χ0v) is 10.3. The van der Waals surface area contributed by atoms with Crippen molar-refractivity contribution in [2.45, 2.75) is 19.8 Å². The van der Waals surface area contributed by atoms with Crippen molar-refractivity contribution in [3.8, 4) is 17.9 Å². The smallest absolute Gasteiger partial charge is 0.145 e. The Morgan fingerprint density at radius 2 is 2.06 bits per heavy atom. The number of nitrogens with zero attached hydrogens (tertiary/aromatic N) is 2. The summed E-state index contributed by atoms with van der Waals surface area (Å²) in [7, 11) is 0. The van der Waals surface area contributed by atoms with Crippen LogP contribution >= 0.6 is 0 Å². The predicted molar refractivity (Wildman–Crippen MR) is 69.8 cm³/mol. The zero-order chi connectivity index (χ0) is 13.2. The Morgan fingerprint density at radius 3 is 2.72 bits per heavy atom. The van der Waals surface area contributed by atoms with Crippen molar-refractivity contribution < 1.29 is 4.74 Å². The van der Waals surface area contributed by atoms with E-state index in [2.05, 4.69) is 12.2 Å². The summed E-state index contributed by atoms with van der Waals surface area (Å²) in [5.74, 6) is 0.720. The van der Waals surface area contributed by atoms with E-state index < -0.39 is 0 Å². The van der Waals surface area contributed by atoms with Crippen molar-refractivity contribution in [1.82, 2.24) is 0 Å². The molecule has 0 heterocycles. The molecule has 1 rings (SSSR count). The fourth-order valence-electron chi connectivity index (χ4n) is 1.28. The van der Waals surface area contributed by atoms with Crippen molar-refractivity contribution in [2.24, 2.45) is 0 Å². The van der Waals surface area contributed by atoms with Crippen LogP contribution in [0.25, 0.3) is 0 Å². The molecule has 0 atom stereocenters. The standard InChI is InChI=1S/C14H15N3O/c1-2-3-8-18-14-7-5-4-6-13(14)17-11-12(9-15)10-16/h4-7,11,17H,2-3,8H2,1H3. The number of para-hydroxylation sites is 2. The number of ether oxygens (including phenoxy) is 1. The number of allylic oxidation sites excluding steroid dienone is 1. The Kier molecular flexibility index (Phi) is 5.86. The maximum absolute atomic E-state index is 8.63. The van der Waals surface area contributed by atoms with Crippen LogP contribution in [0.1, 0.15) is 19.8 Å². The lowest BCUT2D eigenvalue weighted by Gasteiger charge is -2.10. The average molecular weight is 241 g/mol. The fraction of sp³-hybridized carbons (Fsp3) is 0.286. The molecule has 1 aromatic rings. The van der Waals surface area contributed by atoms with Crippen molar-refractivity contribution >= 4 is 5.69 Å². The molecule has 4 heteroatoms. The third kappa shape index (κ3) is 4.19. The van der Waals surface area contributed by atoms with Gasteiger partial charge in [-0.1, -0.05) is 25.5 Å². The minimum atomic E-state index is 0.0263. The third-order valence-electron chi connectivity index (χ3n) is 2.26. The molecule has 0 aliphatic carbocycles. The Hall–Kier alpha value is -2.46. The molecule has 0 aromatic heterocycles. The minimum Gasteiger partial charge on any atom is -0.491 e. The lowest BCUT2D eigenvalue weighted by atomic mass is 10.3. The second-order valence-electron chi connectivity index (χ2n) is 3.62. The number of unbranched alkanes of at least 4 members (excludes halogenated alkanes) is 1. The number of anilines is 1. The van der Waals surface area contributed by atoms with E-state index in [0.29, 0.717) is 6.61 Å². The third-order valence-corrected chi connectivity index (χ3v) is 2.26. The molecule has 0 bridgehead atoms. The van der Waals surface area contributed by atoms with Crippen LogP contribution in [0.4, 0.5) is 5.69 Å². The van der Waals surface area contributed by atoms with Crippen molar-refractivity contribution in [2.75, 3.05) is 11.9 Å². The summed E-state index contributed by atoms with van der Waals surface area (Å²) in [6, 6.07) is 11.0. The van der Waals surface area contributed by atoms with Gasteiger partial charge in [0.1, 0.15) is 23.5 Å². The highest BCUT2D eigenvalue weighted by Crippen LogP contribution is 2.24.